The van der Waals surface area contributed by atoms with Crippen LogP contribution in [-0.4, -0.2) is 45.7 Å². The molecule has 0 N–H and O–H groups in total. The molecule has 0 aromatic carbocycles. The van der Waals surface area contributed by atoms with Crippen LogP contribution in [0.3, 0.4) is 0 Å². The summed E-state index contributed by atoms with van der Waals surface area (Å²) in [5, 5.41) is 0. The zero-order chi connectivity index (χ0) is 11.1. The van der Waals surface area contributed by atoms with Crippen molar-refractivity contribution in [2.45, 2.75) is 38.1 Å². The molecule has 0 unspecified atom stereocenters. The fourth-order valence-electron chi connectivity index (χ4n) is 2.40. The molecule has 1 saturated carbocycles. The molecule has 0 spiro atoms. The van der Waals surface area contributed by atoms with Crippen LogP contribution < -0.4 is 0 Å². The molecule has 16 heavy (non-hydrogen) atoms. The molecule has 0 bridgehead atoms. The van der Waals surface area contributed by atoms with Gasteiger partial charge in [-0.15, -0.1) is 23.5 Å². The molecule has 2 rings (SSSR count). The van der Waals surface area contributed by atoms with Gasteiger partial charge in [-0.2, -0.15) is 11.8 Å². The van der Waals surface area contributed by atoms with Gasteiger partial charge >= 0.3 is 0 Å². The lowest BCUT2D eigenvalue weighted by Gasteiger charge is -2.34. The van der Waals surface area contributed by atoms with Gasteiger partial charge in [-0.25, -0.2) is 0 Å². The summed E-state index contributed by atoms with van der Waals surface area (Å²) in [6.07, 6.45) is 7.31. The van der Waals surface area contributed by atoms with E-state index in [1.807, 2.05) is 0 Å². The molecule has 2 fully saturated rings. The van der Waals surface area contributed by atoms with Crippen LogP contribution in [0.25, 0.3) is 0 Å². The highest BCUT2D eigenvalue weighted by Crippen LogP contribution is 2.26. The van der Waals surface area contributed by atoms with Crippen molar-refractivity contribution < 1.29 is 0 Å². The fourth-order valence-corrected chi connectivity index (χ4v) is 5.93. The molecule has 2 aliphatic rings. The Bertz CT molecular complexity index is 173. The smallest absolute Gasteiger partial charge is 0.0455 e. The molecular weight excluding hydrogens is 254 g/mol. The Morgan fingerprint density at radius 2 is 1.25 bits per heavy atom. The summed E-state index contributed by atoms with van der Waals surface area (Å²) < 4.78 is 0. The minimum Gasteiger partial charge on any atom is -0.282 e. The van der Waals surface area contributed by atoms with Crippen LogP contribution in [0.5, 0.6) is 0 Å². The average molecular weight is 278 g/mol. The first kappa shape index (κ1) is 13.4. The average Bonchev–Trinajstić information content (AvgIpc) is 2.37. The van der Waals surface area contributed by atoms with Gasteiger partial charge in [0.05, 0.1) is 0 Å². The van der Waals surface area contributed by atoms with Crippen LogP contribution in [0.4, 0.5) is 0 Å². The second-order valence-corrected chi connectivity index (χ2v) is 7.94. The van der Waals surface area contributed by atoms with E-state index in [0.29, 0.717) is 0 Å². The van der Waals surface area contributed by atoms with Crippen molar-refractivity contribution in [3.8, 4) is 0 Å². The maximum atomic E-state index is 2.75. The molecule has 0 aromatic heterocycles. The minimum absolute atomic E-state index is 0.904. The standard InChI is InChI=1S/C12H23NS3/c1-2-4-12(5-3-1)13-10-15-8-6-14-7-9-16-11-13/h12H,1-11H2. The summed E-state index contributed by atoms with van der Waals surface area (Å²) in [5.74, 6) is 7.95. The van der Waals surface area contributed by atoms with Crippen molar-refractivity contribution in [1.29, 1.82) is 0 Å². The molecule has 1 saturated heterocycles. The van der Waals surface area contributed by atoms with Crippen LogP contribution in [-0.2, 0) is 0 Å². The summed E-state index contributed by atoms with van der Waals surface area (Å²) in [4.78, 5) is 2.75. The Morgan fingerprint density at radius 1 is 0.688 bits per heavy atom. The maximum absolute atomic E-state index is 2.75. The van der Waals surface area contributed by atoms with Gasteiger partial charge in [0.25, 0.3) is 0 Å². The van der Waals surface area contributed by atoms with E-state index in [0.717, 1.165) is 6.04 Å². The van der Waals surface area contributed by atoms with Crippen LogP contribution >= 0.6 is 35.3 Å². The first-order valence-electron chi connectivity index (χ1n) is 6.44. The lowest BCUT2D eigenvalue weighted by atomic mass is 9.95. The largest absolute Gasteiger partial charge is 0.282 e. The number of rotatable bonds is 1. The van der Waals surface area contributed by atoms with E-state index in [4.69, 9.17) is 0 Å². The normalized spacial score (nSPS) is 27.8. The number of thioether (sulfide) groups is 3. The molecule has 4 heteroatoms. The third kappa shape index (κ3) is 4.71. The van der Waals surface area contributed by atoms with E-state index in [2.05, 4.69) is 40.2 Å². The lowest BCUT2D eigenvalue weighted by molar-refractivity contribution is 0.212. The second kappa shape index (κ2) is 8.17. The highest BCUT2D eigenvalue weighted by atomic mass is 32.2. The fraction of sp³-hybridized carbons (Fsp3) is 1.00. The molecule has 0 aromatic rings. The summed E-state index contributed by atoms with van der Waals surface area (Å²) in [7, 11) is 0. The summed E-state index contributed by atoms with van der Waals surface area (Å²) in [5.41, 5.74) is 0. The molecule has 0 amide bonds. The topological polar surface area (TPSA) is 3.24 Å². The van der Waals surface area contributed by atoms with Gasteiger partial charge in [0, 0.05) is 40.8 Å². The molecule has 1 nitrogen and oxygen atoms in total. The van der Waals surface area contributed by atoms with Gasteiger partial charge in [0.1, 0.15) is 0 Å². The Balaban J connectivity index is 1.78. The summed E-state index contributed by atoms with van der Waals surface area (Å²) in [6, 6.07) is 0.904. The number of hydrogen-bond acceptors (Lipinski definition) is 4. The third-order valence-electron chi connectivity index (χ3n) is 3.35. The van der Waals surface area contributed by atoms with Gasteiger partial charge in [0.2, 0.25) is 0 Å². The van der Waals surface area contributed by atoms with Gasteiger partial charge in [0.15, 0.2) is 0 Å². The highest BCUT2D eigenvalue weighted by Gasteiger charge is 2.20. The predicted molar refractivity (Wildman–Crippen MR) is 80.7 cm³/mol. The van der Waals surface area contributed by atoms with Crippen LogP contribution in [0.2, 0.25) is 0 Å². The van der Waals surface area contributed by atoms with E-state index in [1.54, 1.807) is 0 Å². The maximum Gasteiger partial charge on any atom is 0.0455 e. The van der Waals surface area contributed by atoms with Gasteiger partial charge in [-0.1, -0.05) is 19.3 Å². The van der Waals surface area contributed by atoms with Crippen molar-refractivity contribution in [3.05, 3.63) is 0 Å². The molecule has 94 valence electrons. The second-order valence-electron chi connectivity index (χ2n) is 4.57. The van der Waals surface area contributed by atoms with Crippen LogP contribution in [0.1, 0.15) is 32.1 Å². The zero-order valence-corrected chi connectivity index (χ0v) is 12.5. The van der Waals surface area contributed by atoms with E-state index < -0.39 is 0 Å². The van der Waals surface area contributed by atoms with E-state index in [-0.39, 0.29) is 0 Å². The Hall–Kier alpha value is 1.01. The van der Waals surface area contributed by atoms with Gasteiger partial charge < -0.3 is 0 Å². The van der Waals surface area contributed by atoms with E-state index >= 15 is 0 Å². The molecule has 1 aliphatic heterocycles. The zero-order valence-electron chi connectivity index (χ0n) is 10.0. The predicted octanol–water partition coefficient (Wildman–Crippen LogP) is 3.75. The van der Waals surface area contributed by atoms with Crippen molar-refractivity contribution in [3.63, 3.8) is 0 Å². The molecule has 1 aliphatic carbocycles. The van der Waals surface area contributed by atoms with Crippen molar-refractivity contribution in [2.75, 3.05) is 34.8 Å². The highest BCUT2D eigenvalue weighted by molar-refractivity contribution is 8.04. The van der Waals surface area contributed by atoms with Crippen molar-refractivity contribution in [2.24, 2.45) is 0 Å². The third-order valence-corrected chi connectivity index (χ3v) is 6.87. The Labute approximate surface area is 113 Å². The van der Waals surface area contributed by atoms with E-state index in [9.17, 15) is 0 Å². The summed E-state index contributed by atoms with van der Waals surface area (Å²) in [6.45, 7) is 0. The Kier molecular flexibility index (Phi) is 6.86. The van der Waals surface area contributed by atoms with Gasteiger partial charge in [-0.05, 0) is 12.8 Å². The molecule has 0 radical (unpaired) electrons. The number of hydrogen-bond donors (Lipinski definition) is 0. The monoisotopic (exact) mass is 277 g/mol. The van der Waals surface area contributed by atoms with Crippen molar-refractivity contribution in [1.82, 2.24) is 4.90 Å². The quantitative estimate of drug-likeness (QED) is 0.718. The Morgan fingerprint density at radius 3 is 1.88 bits per heavy atom. The minimum atomic E-state index is 0.904. The molecule has 1 heterocycles. The summed E-state index contributed by atoms with van der Waals surface area (Å²) >= 11 is 6.42. The lowest BCUT2D eigenvalue weighted by Crippen LogP contribution is -2.36. The van der Waals surface area contributed by atoms with Gasteiger partial charge in [-0.3, -0.25) is 4.90 Å². The van der Waals surface area contributed by atoms with Crippen LogP contribution in [0, 0.1) is 0 Å². The number of nitrogens with zero attached hydrogens (tertiary/aromatic N) is 1. The molecule has 0 atom stereocenters. The van der Waals surface area contributed by atoms with E-state index in [1.165, 1.54) is 66.9 Å². The first-order chi connectivity index (χ1) is 7.97. The SMILES string of the molecule is C1CCC(N2CSCCSCCSC2)CC1. The molecular formula is C12H23NS3. The van der Waals surface area contributed by atoms with Crippen LogP contribution in [0.15, 0.2) is 0 Å². The van der Waals surface area contributed by atoms with Crippen molar-refractivity contribution >= 4 is 35.3 Å². The first-order valence-corrected chi connectivity index (χ1v) is 9.90.